The quantitative estimate of drug-likeness (QED) is 0.383. The molecule has 12 nitrogen and oxygen atoms in total. The number of likely N-dealkylation sites (N-methyl/N-ethyl adjacent to an activating group) is 1. The van der Waals surface area contributed by atoms with Crippen LogP contribution in [-0.2, 0) is 44.0 Å². The predicted molar refractivity (Wildman–Crippen MR) is 139 cm³/mol. The summed E-state index contributed by atoms with van der Waals surface area (Å²) in [4.78, 5) is 45.5. The standard InChI is InChI=1S/C27H24N4O8S/c1-30-18-8-6-5-7-17(18)27-13-19(23(32)37-2)31(40(35,36)16-11-9-15(14-28)10-12-16)26(27)29-21(25(34)39-4)20(22(27)30)24(33)38-3/h5-12,19,22H,13H2,1-4H3/t19-,22-,27-/m0/s1. The predicted octanol–water partition coefficient (Wildman–Crippen LogP) is 1.26. The number of aliphatic imine (C=N–C) groups is 1. The van der Waals surface area contributed by atoms with Gasteiger partial charge in [-0.25, -0.2) is 32.1 Å². The van der Waals surface area contributed by atoms with Gasteiger partial charge in [-0.05, 0) is 42.3 Å². The molecule has 2 aromatic carbocycles. The van der Waals surface area contributed by atoms with Crippen molar-refractivity contribution in [3.63, 3.8) is 0 Å². The summed E-state index contributed by atoms with van der Waals surface area (Å²) in [7, 11) is 0.585. The third-order valence-electron chi connectivity index (χ3n) is 7.57. The van der Waals surface area contributed by atoms with Gasteiger partial charge < -0.3 is 19.1 Å². The van der Waals surface area contributed by atoms with E-state index >= 15 is 0 Å². The van der Waals surface area contributed by atoms with Crippen molar-refractivity contribution in [3.8, 4) is 6.07 Å². The van der Waals surface area contributed by atoms with Crippen molar-refractivity contribution in [2.24, 2.45) is 4.99 Å². The van der Waals surface area contributed by atoms with E-state index in [1.54, 1.807) is 36.2 Å². The first-order chi connectivity index (χ1) is 19.1. The van der Waals surface area contributed by atoms with Crippen molar-refractivity contribution < 1.29 is 37.0 Å². The minimum absolute atomic E-state index is 0.127. The summed E-state index contributed by atoms with van der Waals surface area (Å²) in [6, 6.07) is 11.8. The summed E-state index contributed by atoms with van der Waals surface area (Å²) in [6.45, 7) is 0. The van der Waals surface area contributed by atoms with E-state index in [1.165, 1.54) is 24.3 Å². The topological polar surface area (TPSA) is 156 Å². The number of sulfonamides is 1. The summed E-state index contributed by atoms with van der Waals surface area (Å²) in [5.74, 6) is -2.82. The number of benzene rings is 2. The van der Waals surface area contributed by atoms with Gasteiger partial charge in [-0.15, -0.1) is 0 Å². The molecule has 3 aliphatic rings. The maximum atomic E-state index is 14.2. The molecule has 3 atom stereocenters. The Balaban J connectivity index is 1.87. The number of para-hydroxylation sites is 1. The minimum atomic E-state index is -4.52. The van der Waals surface area contributed by atoms with Crippen molar-refractivity contribution in [3.05, 3.63) is 70.9 Å². The van der Waals surface area contributed by atoms with E-state index in [-0.39, 0.29) is 28.3 Å². The molecule has 40 heavy (non-hydrogen) atoms. The lowest BCUT2D eigenvalue weighted by molar-refractivity contribution is -0.144. The second-order valence-corrected chi connectivity index (χ2v) is 11.2. The molecule has 0 aliphatic carbocycles. The van der Waals surface area contributed by atoms with Crippen LogP contribution in [0.2, 0.25) is 0 Å². The molecule has 13 heteroatoms. The zero-order chi connectivity index (χ0) is 29.0. The lowest BCUT2D eigenvalue weighted by Gasteiger charge is -2.39. The Morgan fingerprint density at radius 3 is 2.25 bits per heavy atom. The van der Waals surface area contributed by atoms with Crippen LogP contribution in [0.4, 0.5) is 5.69 Å². The fourth-order valence-corrected chi connectivity index (χ4v) is 7.56. The SMILES string of the molecule is COC(=O)C1=C(C(=O)OC)[C@@H]2N(C)c3ccccc3[C@@]23C[C@@H](C(=O)OC)N(S(=O)(=O)c2ccc(C#N)cc2)C3=N1. The molecule has 3 heterocycles. The lowest BCUT2D eigenvalue weighted by Crippen LogP contribution is -2.55. The number of hydrogen-bond acceptors (Lipinski definition) is 11. The molecule has 0 aromatic heterocycles. The molecule has 0 unspecified atom stereocenters. The van der Waals surface area contributed by atoms with Crippen LogP contribution in [0.5, 0.6) is 0 Å². The highest BCUT2D eigenvalue weighted by atomic mass is 32.2. The number of amidine groups is 1. The number of nitriles is 1. The van der Waals surface area contributed by atoms with Gasteiger partial charge in [0, 0.05) is 12.7 Å². The van der Waals surface area contributed by atoms with Gasteiger partial charge >= 0.3 is 17.9 Å². The van der Waals surface area contributed by atoms with Crippen molar-refractivity contribution in [1.82, 2.24) is 4.31 Å². The van der Waals surface area contributed by atoms with E-state index in [0.29, 0.717) is 11.3 Å². The van der Waals surface area contributed by atoms with Crippen LogP contribution in [0.25, 0.3) is 0 Å². The van der Waals surface area contributed by atoms with Crippen molar-refractivity contribution in [2.75, 3.05) is 33.3 Å². The summed E-state index contributed by atoms with van der Waals surface area (Å²) >= 11 is 0. The first-order valence-electron chi connectivity index (χ1n) is 12.0. The fourth-order valence-electron chi connectivity index (χ4n) is 5.93. The monoisotopic (exact) mass is 564 g/mol. The summed E-state index contributed by atoms with van der Waals surface area (Å²) in [6.07, 6.45) is -0.144. The second-order valence-electron chi connectivity index (χ2n) is 9.36. The van der Waals surface area contributed by atoms with Crippen LogP contribution < -0.4 is 4.90 Å². The van der Waals surface area contributed by atoms with E-state index in [0.717, 1.165) is 25.6 Å². The Morgan fingerprint density at radius 2 is 1.65 bits per heavy atom. The van der Waals surface area contributed by atoms with Gasteiger partial charge in [0.25, 0.3) is 10.0 Å². The number of nitrogens with zero attached hydrogens (tertiary/aromatic N) is 4. The number of rotatable bonds is 5. The molecule has 1 spiro atoms. The van der Waals surface area contributed by atoms with Crippen LogP contribution >= 0.6 is 0 Å². The zero-order valence-corrected chi connectivity index (χ0v) is 22.8. The van der Waals surface area contributed by atoms with Crippen LogP contribution in [-0.4, -0.2) is 76.9 Å². The van der Waals surface area contributed by atoms with Crippen LogP contribution in [0.15, 0.2) is 69.7 Å². The first-order valence-corrected chi connectivity index (χ1v) is 13.5. The smallest absolute Gasteiger partial charge is 0.357 e. The number of hydrogen-bond donors (Lipinski definition) is 0. The average molecular weight is 565 g/mol. The fraction of sp³-hybridized carbons (Fsp3) is 0.296. The van der Waals surface area contributed by atoms with Crippen LogP contribution in [0, 0.1) is 11.3 Å². The highest BCUT2D eigenvalue weighted by Gasteiger charge is 2.68. The molecule has 206 valence electrons. The molecule has 5 rings (SSSR count). The Labute approximate surface area is 230 Å². The molecule has 1 fully saturated rings. The minimum Gasteiger partial charge on any atom is -0.467 e. The average Bonchev–Trinajstić information content (AvgIpc) is 3.46. The number of methoxy groups -OCH3 is 3. The summed E-state index contributed by atoms with van der Waals surface area (Å²) in [5.41, 5.74) is -0.438. The molecule has 0 N–H and O–H groups in total. The number of anilines is 1. The van der Waals surface area contributed by atoms with Crippen molar-refractivity contribution >= 4 is 39.5 Å². The maximum absolute atomic E-state index is 14.2. The van der Waals surface area contributed by atoms with Crippen molar-refractivity contribution in [1.29, 1.82) is 5.26 Å². The van der Waals surface area contributed by atoms with E-state index in [1.807, 2.05) is 6.07 Å². The number of fused-ring (bicyclic) bond motifs is 1. The van der Waals surface area contributed by atoms with Gasteiger partial charge in [0.15, 0.2) is 5.70 Å². The molecule has 3 aliphatic heterocycles. The Hall–Kier alpha value is -4.70. The maximum Gasteiger partial charge on any atom is 0.357 e. The molecular formula is C27H24N4O8S. The van der Waals surface area contributed by atoms with Crippen LogP contribution in [0.1, 0.15) is 17.5 Å². The number of ether oxygens (including phenoxy) is 3. The Morgan fingerprint density at radius 1 is 1.00 bits per heavy atom. The van der Waals surface area contributed by atoms with Crippen molar-refractivity contribution in [2.45, 2.75) is 28.8 Å². The van der Waals surface area contributed by atoms with Gasteiger partial charge in [-0.2, -0.15) is 5.26 Å². The molecule has 0 amide bonds. The van der Waals surface area contributed by atoms with Gasteiger partial charge in [0.1, 0.15) is 11.9 Å². The largest absolute Gasteiger partial charge is 0.467 e. The number of esters is 3. The number of carbonyl (C=O) groups is 3. The number of carbonyl (C=O) groups excluding carboxylic acids is 3. The molecule has 0 bridgehead atoms. The molecule has 1 saturated heterocycles. The van der Waals surface area contributed by atoms with E-state index in [9.17, 15) is 28.1 Å². The molecule has 2 aromatic rings. The Bertz CT molecular complexity index is 1660. The van der Waals surface area contributed by atoms with E-state index < -0.39 is 51.1 Å². The third kappa shape index (κ3) is 3.52. The third-order valence-corrected chi connectivity index (χ3v) is 9.38. The van der Waals surface area contributed by atoms with Gasteiger partial charge in [-0.1, -0.05) is 18.2 Å². The van der Waals surface area contributed by atoms with E-state index in [4.69, 9.17) is 14.2 Å². The van der Waals surface area contributed by atoms with Gasteiger partial charge in [0.2, 0.25) is 0 Å². The zero-order valence-electron chi connectivity index (χ0n) is 21.9. The van der Waals surface area contributed by atoms with E-state index in [2.05, 4.69) is 4.99 Å². The molecule has 0 saturated carbocycles. The van der Waals surface area contributed by atoms with Gasteiger partial charge in [0.05, 0.1) is 54.9 Å². The molecule has 0 radical (unpaired) electrons. The normalized spacial score (nSPS) is 22.9. The summed E-state index contributed by atoms with van der Waals surface area (Å²) < 4.78 is 44.3. The van der Waals surface area contributed by atoms with Gasteiger partial charge in [-0.3, -0.25) is 0 Å². The Kier molecular flexibility index (Phi) is 6.38. The second kappa shape index (κ2) is 9.49. The highest BCUT2D eigenvalue weighted by molar-refractivity contribution is 7.89. The first kappa shape index (κ1) is 26.9. The molecular weight excluding hydrogens is 540 g/mol. The lowest BCUT2D eigenvalue weighted by atomic mass is 9.69. The highest BCUT2D eigenvalue weighted by Crippen LogP contribution is 2.58. The van der Waals surface area contributed by atoms with Crippen LogP contribution in [0.3, 0.4) is 0 Å². The summed E-state index contributed by atoms with van der Waals surface area (Å²) in [5, 5.41) is 9.18.